The van der Waals surface area contributed by atoms with Gasteiger partial charge in [-0.1, -0.05) is 34.8 Å². The molecule has 0 spiro atoms. The Balaban J connectivity index is 3.24. The van der Waals surface area contributed by atoms with E-state index in [0.29, 0.717) is 0 Å². The van der Waals surface area contributed by atoms with Crippen LogP contribution in [-0.4, -0.2) is 10.7 Å². The quantitative estimate of drug-likeness (QED) is 0.598. The molecule has 0 aromatic heterocycles. The number of hydrogen-bond acceptors (Lipinski definition) is 1. The van der Waals surface area contributed by atoms with Crippen LogP contribution in [0.5, 0.6) is 0 Å². The lowest BCUT2D eigenvalue weighted by Gasteiger charge is -2.21. The summed E-state index contributed by atoms with van der Waals surface area (Å²) in [5, 5.41) is 0.155. The number of hydrogen-bond donors (Lipinski definition) is 0. The Morgan fingerprint density at radius 3 is 2.25 bits per heavy atom. The molecule has 66 valence electrons. The first-order valence-electron chi connectivity index (χ1n) is 3.04. The van der Waals surface area contributed by atoms with Gasteiger partial charge >= 0.3 is 0 Å². The van der Waals surface area contributed by atoms with Crippen molar-refractivity contribution >= 4 is 52.2 Å². The summed E-state index contributed by atoms with van der Waals surface area (Å²) in [6, 6.07) is 0. The molecule has 1 nitrogen and oxygen atoms in total. The van der Waals surface area contributed by atoms with Crippen molar-refractivity contribution in [1.82, 2.24) is 0 Å². The highest BCUT2D eigenvalue weighted by Gasteiger charge is 2.36. The second-order valence-corrected chi connectivity index (χ2v) is 4.47. The zero-order chi connectivity index (χ0) is 9.52. The van der Waals surface area contributed by atoms with E-state index in [4.69, 9.17) is 46.4 Å². The van der Waals surface area contributed by atoms with Crippen LogP contribution in [0.4, 0.5) is 0 Å². The van der Waals surface area contributed by atoms with Crippen LogP contribution in [0.3, 0.4) is 0 Å². The van der Waals surface area contributed by atoms with Crippen LogP contribution in [0.1, 0.15) is 6.92 Å². The molecule has 0 bridgehead atoms. The highest BCUT2D eigenvalue weighted by molar-refractivity contribution is 6.58. The Kier molecular flexibility index (Phi) is 2.79. The first-order valence-corrected chi connectivity index (χ1v) is 4.55. The van der Waals surface area contributed by atoms with Gasteiger partial charge in [0.15, 0.2) is 5.78 Å². The molecule has 0 fully saturated rings. The molecule has 1 aliphatic carbocycles. The number of alkyl halides is 1. The predicted molar refractivity (Wildman–Crippen MR) is 51.9 cm³/mol. The van der Waals surface area contributed by atoms with Gasteiger partial charge in [0.2, 0.25) is 0 Å². The van der Waals surface area contributed by atoms with E-state index in [-0.39, 0.29) is 15.1 Å². The van der Waals surface area contributed by atoms with Gasteiger partial charge in [0.05, 0.1) is 10.1 Å². The minimum absolute atomic E-state index is 0.0569. The second kappa shape index (κ2) is 3.22. The average Bonchev–Trinajstić information content (AvgIpc) is 1.97. The standard InChI is InChI=1S/C7H4Cl4O/c1-7(11)2-3(8)4(9)5(10)6(7)12/h2H,1H3. The smallest absolute Gasteiger partial charge is 0.200 e. The van der Waals surface area contributed by atoms with Crippen LogP contribution >= 0.6 is 46.4 Å². The van der Waals surface area contributed by atoms with Gasteiger partial charge in [-0.05, 0) is 13.0 Å². The van der Waals surface area contributed by atoms with Gasteiger partial charge in [0.25, 0.3) is 0 Å². The minimum atomic E-state index is -1.17. The highest BCUT2D eigenvalue weighted by Crippen LogP contribution is 2.38. The number of Topliss-reactive ketones (excluding diaryl/α,β-unsaturated/α-hetero) is 1. The molecule has 0 saturated heterocycles. The number of allylic oxidation sites excluding steroid dienone is 4. The van der Waals surface area contributed by atoms with E-state index in [2.05, 4.69) is 0 Å². The molecule has 1 aliphatic rings. The van der Waals surface area contributed by atoms with Crippen molar-refractivity contribution in [1.29, 1.82) is 0 Å². The molecule has 0 amide bonds. The molecule has 12 heavy (non-hydrogen) atoms. The van der Waals surface area contributed by atoms with Crippen LogP contribution in [0, 0.1) is 0 Å². The number of carbonyl (C=O) groups is 1. The second-order valence-electron chi connectivity index (χ2n) is 2.52. The first-order chi connectivity index (χ1) is 5.36. The fraction of sp³-hybridized carbons (Fsp3) is 0.286. The van der Waals surface area contributed by atoms with Gasteiger partial charge in [-0.25, -0.2) is 0 Å². The van der Waals surface area contributed by atoms with Crippen molar-refractivity contribution in [3.05, 3.63) is 21.2 Å². The molecule has 0 aromatic rings. The van der Waals surface area contributed by atoms with Gasteiger partial charge in [-0.15, -0.1) is 11.6 Å². The molecule has 0 N–H and O–H groups in total. The number of rotatable bonds is 0. The van der Waals surface area contributed by atoms with Crippen LogP contribution in [0.15, 0.2) is 21.2 Å². The van der Waals surface area contributed by atoms with E-state index in [0.717, 1.165) is 0 Å². The lowest BCUT2D eigenvalue weighted by molar-refractivity contribution is -0.116. The molecule has 0 saturated carbocycles. The third kappa shape index (κ3) is 1.64. The lowest BCUT2D eigenvalue weighted by atomic mass is 10.0. The summed E-state index contributed by atoms with van der Waals surface area (Å²) < 4.78 is 0. The lowest BCUT2D eigenvalue weighted by Crippen LogP contribution is -2.29. The summed E-state index contributed by atoms with van der Waals surface area (Å²) in [7, 11) is 0. The minimum Gasteiger partial charge on any atom is -0.291 e. The molecule has 0 heterocycles. The molecule has 1 unspecified atom stereocenters. The summed E-state index contributed by atoms with van der Waals surface area (Å²) in [6.45, 7) is 1.50. The van der Waals surface area contributed by atoms with Crippen LogP contribution in [-0.2, 0) is 4.79 Å². The van der Waals surface area contributed by atoms with Crippen molar-refractivity contribution < 1.29 is 4.79 Å². The van der Waals surface area contributed by atoms with E-state index in [1.807, 2.05) is 0 Å². The summed E-state index contributed by atoms with van der Waals surface area (Å²) >= 11 is 22.6. The molecule has 0 aromatic carbocycles. The Labute approximate surface area is 89.9 Å². The number of carbonyl (C=O) groups excluding carboxylic acids is 1. The molecule has 0 aliphatic heterocycles. The predicted octanol–water partition coefficient (Wildman–Crippen LogP) is 3.38. The van der Waals surface area contributed by atoms with Crippen molar-refractivity contribution in [3.63, 3.8) is 0 Å². The maximum absolute atomic E-state index is 11.3. The van der Waals surface area contributed by atoms with Gasteiger partial charge in [0, 0.05) is 0 Å². The summed E-state index contributed by atoms with van der Waals surface area (Å²) in [4.78, 5) is 10.1. The first kappa shape index (κ1) is 10.4. The van der Waals surface area contributed by atoms with Gasteiger partial charge < -0.3 is 0 Å². The zero-order valence-corrected chi connectivity index (χ0v) is 9.02. The third-order valence-electron chi connectivity index (χ3n) is 1.44. The Bertz CT molecular complexity index is 301. The number of ketones is 1. The maximum atomic E-state index is 11.3. The van der Waals surface area contributed by atoms with Gasteiger partial charge in [-0.3, -0.25) is 4.79 Å². The summed E-state index contributed by atoms with van der Waals surface area (Å²) in [5.74, 6) is -0.430. The molecule has 0 radical (unpaired) electrons. The van der Waals surface area contributed by atoms with E-state index in [1.165, 1.54) is 13.0 Å². The molecular weight excluding hydrogens is 242 g/mol. The van der Waals surface area contributed by atoms with Crippen LogP contribution < -0.4 is 0 Å². The third-order valence-corrected chi connectivity index (χ3v) is 2.97. The van der Waals surface area contributed by atoms with E-state index in [1.54, 1.807) is 0 Å². The summed E-state index contributed by atoms with van der Waals surface area (Å²) in [6.07, 6.45) is 1.37. The van der Waals surface area contributed by atoms with E-state index < -0.39 is 10.7 Å². The molecule has 1 rings (SSSR count). The normalized spacial score (nSPS) is 30.8. The largest absolute Gasteiger partial charge is 0.291 e. The fourth-order valence-electron chi connectivity index (χ4n) is 0.786. The number of halogens is 4. The fourth-order valence-corrected chi connectivity index (χ4v) is 1.89. The highest BCUT2D eigenvalue weighted by atomic mass is 35.5. The summed E-state index contributed by atoms with van der Waals surface area (Å²) in [5.41, 5.74) is 0. The van der Waals surface area contributed by atoms with Crippen LogP contribution in [0.25, 0.3) is 0 Å². The molecule has 1 atom stereocenters. The maximum Gasteiger partial charge on any atom is 0.200 e. The Hall–Kier alpha value is 0.310. The van der Waals surface area contributed by atoms with E-state index >= 15 is 0 Å². The van der Waals surface area contributed by atoms with Crippen LogP contribution in [0.2, 0.25) is 0 Å². The Morgan fingerprint density at radius 2 is 1.75 bits per heavy atom. The molecular formula is C7H4Cl4O. The van der Waals surface area contributed by atoms with Crippen molar-refractivity contribution in [3.8, 4) is 0 Å². The average molecular weight is 246 g/mol. The van der Waals surface area contributed by atoms with Gasteiger partial charge in [0.1, 0.15) is 9.91 Å². The van der Waals surface area contributed by atoms with Crippen molar-refractivity contribution in [2.24, 2.45) is 0 Å². The van der Waals surface area contributed by atoms with Crippen molar-refractivity contribution in [2.45, 2.75) is 11.8 Å². The topological polar surface area (TPSA) is 17.1 Å². The monoisotopic (exact) mass is 244 g/mol. The van der Waals surface area contributed by atoms with E-state index in [9.17, 15) is 4.79 Å². The molecule has 5 heteroatoms. The zero-order valence-electron chi connectivity index (χ0n) is 6.00. The Morgan fingerprint density at radius 1 is 1.25 bits per heavy atom. The van der Waals surface area contributed by atoms with Gasteiger partial charge in [-0.2, -0.15) is 0 Å². The van der Waals surface area contributed by atoms with Crippen molar-refractivity contribution in [2.75, 3.05) is 0 Å². The SMILES string of the molecule is CC1(Cl)C=C(Cl)C(Cl)=C(Cl)C1=O.